The lowest BCUT2D eigenvalue weighted by atomic mass is 10.0. The van der Waals surface area contributed by atoms with E-state index in [9.17, 15) is 27.2 Å². The summed E-state index contributed by atoms with van der Waals surface area (Å²) in [6.07, 6.45) is 6.68. The van der Waals surface area contributed by atoms with E-state index in [1.54, 1.807) is 37.4 Å². The third-order valence-corrected chi connectivity index (χ3v) is 14.3. The Morgan fingerprint density at radius 2 is 1.83 bits per heavy atom. The van der Waals surface area contributed by atoms with Crippen molar-refractivity contribution in [3.8, 4) is 22.2 Å². The number of carbonyl (C=O) groups is 3. The van der Waals surface area contributed by atoms with Crippen LogP contribution in [0.25, 0.3) is 21.6 Å². The van der Waals surface area contributed by atoms with Gasteiger partial charge in [0.1, 0.15) is 51.7 Å². The van der Waals surface area contributed by atoms with Crippen LogP contribution in [-0.2, 0) is 24.4 Å². The molecule has 8 rings (SSSR count). The summed E-state index contributed by atoms with van der Waals surface area (Å²) in [5.41, 5.74) is 1.81. The maximum atomic E-state index is 14.9. The fourth-order valence-electron chi connectivity index (χ4n) is 8.47. The molecule has 2 fully saturated rings. The summed E-state index contributed by atoms with van der Waals surface area (Å²) < 4.78 is 55.9. The molecule has 1 saturated carbocycles. The van der Waals surface area contributed by atoms with Crippen molar-refractivity contribution >= 4 is 55.7 Å². The number of ether oxygens (including phenoxy) is 2. The Morgan fingerprint density at radius 1 is 1.02 bits per heavy atom. The van der Waals surface area contributed by atoms with Gasteiger partial charge < -0.3 is 25.0 Å². The Balaban J connectivity index is 1.16. The molecule has 63 heavy (non-hydrogen) atoms. The number of amides is 3. The minimum absolute atomic E-state index is 0.00615. The topological polar surface area (TPSA) is 169 Å². The van der Waals surface area contributed by atoms with E-state index in [2.05, 4.69) is 29.2 Å². The van der Waals surface area contributed by atoms with Crippen LogP contribution < -0.4 is 24.8 Å². The van der Waals surface area contributed by atoms with Crippen molar-refractivity contribution in [2.45, 2.75) is 100 Å². The molecule has 13 nitrogen and oxygen atoms in total. The van der Waals surface area contributed by atoms with E-state index in [0.29, 0.717) is 58.1 Å². The van der Waals surface area contributed by atoms with Gasteiger partial charge in [-0.15, -0.1) is 11.3 Å². The number of halogens is 1. The van der Waals surface area contributed by atoms with Gasteiger partial charge in [0.2, 0.25) is 11.8 Å². The van der Waals surface area contributed by atoms with E-state index in [1.165, 1.54) is 40.5 Å². The van der Waals surface area contributed by atoms with Gasteiger partial charge in [0.25, 0.3) is 15.9 Å². The number of allylic oxidation sites excluding steroid dienone is 1. The molecule has 4 heterocycles. The summed E-state index contributed by atoms with van der Waals surface area (Å²) in [7, 11) is -2.68. The van der Waals surface area contributed by atoms with Crippen molar-refractivity contribution in [3.05, 3.63) is 107 Å². The Labute approximate surface area is 370 Å². The number of carbonyl (C=O) groups excluding carboxylic acids is 3. The van der Waals surface area contributed by atoms with Gasteiger partial charge in [-0.3, -0.25) is 14.4 Å². The van der Waals surface area contributed by atoms with Crippen molar-refractivity contribution < 1.29 is 36.7 Å². The Bertz CT molecular complexity index is 2670. The number of fused-ring (bicyclic) bond motifs is 3. The van der Waals surface area contributed by atoms with Crippen molar-refractivity contribution in [3.63, 3.8) is 0 Å². The number of nitrogens with zero attached hydrogens (tertiary/aromatic N) is 3. The first kappa shape index (κ1) is 43.8. The fraction of sp³-hybridized carbons (Fsp3) is 0.383. The normalized spacial score (nSPS) is 23.0. The number of thiazole rings is 1. The van der Waals surface area contributed by atoms with Crippen LogP contribution in [0.3, 0.4) is 0 Å². The molecule has 2 aromatic heterocycles. The van der Waals surface area contributed by atoms with E-state index >= 15 is 0 Å². The number of anilines is 1. The molecule has 2 aliphatic heterocycles. The van der Waals surface area contributed by atoms with Crippen LogP contribution in [0, 0.1) is 18.7 Å². The van der Waals surface area contributed by atoms with Crippen molar-refractivity contribution in [2.75, 3.05) is 19.0 Å². The second-order valence-electron chi connectivity index (χ2n) is 16.8. The van der Waals surface area contributed by atoms with Gasteiger partial charge in [0.05, 0.1) is 29.8 Å². The average molecular weight is 895 g/mol. The van der Waals surface area contributed by atoms with Gasteiger partial charge in [-0.25, -0.2) is 27.5 Å². The predicted octanol–water partition coefficient (Wildman–Crippen LogP) is 7.67. The first-order valence-corrected chi connectivity index (χ1v) is 23.7. The molecular formula is C47H51FN6O7S2. The molecule has 0 spiro atoms. The van der Waals surface area contributed by atoms with Gasteiger partial charge >= 0.3 is 0 Å². The molecule has 0 unspecified atom stereocenters. The average Bonchev–Trinajstić information content (AvgIpc) is 3.54. The monoisotopic (exact) mass is 894 g/mol. The van der Waals surface area contributed by atoms with Crippen LogP contribution in [0.1, 0.15) is 76.0 Å². The first-order chi connectivity index (χ1) is 30.3. The second-order valence-corrected chi connectivity index (χ2v) is 19.3. The summed E-state index contributed by atoms with van der Waals surface area (Å²) >= 11 is 1.48. The maximum absolute atomic E-state index is 14.9. The predicted molar refractivity (Wildman–Crippen MR) is 240 cm³/mol. The number of rotatable bonds is 10. The van der Waals surface area contributed by atoms with E-state index in [4.69, 9.17) is 19.4 Å². The minimum atomic E-state index is -4.28. The number of benzene rings is 3. The molecule has 5 atom stereocenters. The van der Waals surface area contributed by atoms with Crippen LogP contribution in [0.2, 0.25) is 0 Å². The standard InChI is InChI=1S/C47H51FN6O7S2/c1-28(2)38-27-62-44(51-38)37-24-41(35-20-21-40(60-4)29(3)42(35)50-37)61-33-23-39-43(55)52-47(46(57)53-63(58,59)34-17-10-8-11-18-34)25-30(47)14-9-6-5-7-12-19-36(45(56)54(39)26-33)49-32-16-13-15-31(48)22-32/h8-11,13-18,20-22,24,27-28,30,33,36,39,49H,5-7,12,19,23,25-26H2,1-4H3,(H,52,55)(H,53,57)/t30-,33-,36+,39+,47-/m1/s1. The lowest BCUT2D eigenvalue weighted by Crippen LogP contribution is -2.57. The number of aromatic nitrogens is 2. The largest absolute Gasteiger partial charge is 0.496 e. The van der Waals surface area contributed by atoms with E-state index in [0.717, 1.165) is 24.1 Å². The number of hydrogen-bond donors (Lipinski definition) is 3. The quantitative estimate of drug-likeness (QED) is 0.118. The smallest absolute Gasteiger partial charge is 0.264 e. The molecule has 1 aliphatic carbocycles. The maximum Gasteiger partial charge on any atom is 0.264 e. The van der Waals surface area contributed by atoms with Crippen LogP contribution in [0.15, 0.2) is 95.2 Å². The summed E-state index contributed by atoms with van der Waals surface area (Å²) in [5.74, 6) is -1.49. The Hall–Kier alpha value is -5.87. The minimum Gasteiger partial charge on any atom is -0.496 e. The molecule has 16 heteroatoms. The van der Waals surface area contributed by atoms with E-state index in [1.807, 2.05) is 42.7 Å². The molecule has 0 bridgehead atoms. The van der Waals surface area contributed by atoms with Gasteiger partial charge in [-0.1, -0.05) is 63.1 Å². The summed E-state index contributed by atoms with van der Waals surface area (Å²) in [4.78, 5) is 55.1. The number of methoxy groups -OCH3 is 1. The number of aryl methyl sites for hydroxylation is 1. The summed E-state index contributed by atoms with van der Waals surface area (Å²) in [6, 6.07) is 17.0. The molecule has 3 aliphatic rings. The molecule has 0 radical (unpaired) electrons. The van der Waals surface area contributed by atoms with E-state index < -0.39 is 57.3 Å². The third-order valence-electron chi connectivity index (χ3n) is 12.1. The van der Waals surface area contributed by atoms with Crippen LogP contribution in [0.5, 0.6) is 11.5 Å². The molecular weight excluding hydrogens is 844 g/mol. The highest BCUT2D eigenvalue weighted by Crippen LogP contribution is 2.46. The van der Waals surface area contributed by atoms with E-state index in [-0.39, 0.29) is 36.1 Å². The van der Waals surface area contributed by atoms with Gasteiger partial charge in [-0.2, -0.15) is 0 Å². The third kappa shape index (κ3) is 9.28. The Kier molecular flexibility index (Phi) is 12.6. The van der Waals surface area contributed by atoms with Gasteiger partial charge in [-0.05, 0) is 81.0 Å². The molecule has 3 N–H and O–H groups in total. The summed E-state index contributed by atoms with van der Waals surface area (Å²) in [5, 5.41) is 9.59. The lowest BCUT2D eigenvalue weighted by Gasteiger charge is -2.30. The highest BCUT2D eigenvalue weighted by molar-refractivity contribution is 7.90. The number of pyridine rings is 1. The van der Waals surface area contributed by atoms with Crippen molar-refractivity contribution in [1.29, 1.82) is 0 Å². The lowest BCUT2D eigenvalue weighted by molar-refractivity contribution is -0.140. The van der Waals surface area contributed by atoms with Gasteiger partial charge in [0, 0.05) is 40.4 Å². The number of sulfonamides is 1. The zero-order valence-electron chi connectivity index (χ0n) is 35.6. The van der Waals surface area contributed by atoms with Crippen molar-refractivity contribution in [1.82, 2.24) is 24.9 Å². The van der Waals surface area contributed by atoms with Gasteiger partial charge in [0.15, 0.2) is 0 Å². The van der Waals surface area contributed by atoms with Crippen LogP contribution in [-0.4, -0.2) is 78.4 Å². The summed E-state index contributed by atoms with van der Waals surface area (Å²) in [6.45, 7) is 6.07. The highest BCUT2D eigenvalue weighted by atomic mass is 32.2. The zero-order chi connectivity index (χ0) is 44.5. The molecule has 1 saturated heterocycles. The first-order valence-electron chi connectivity index (χ1n) is 21.3. The fourth-order valence-corrected chi connectivity index (χ4v) is 10.5. The van der Waals surface area contributed by atoms with Crippen LogP contribution >= 0.6 is 11.3 Å². The number of hydrogen-bond acceptors (Lipinski definition) is 11. The van der Waals surface area contributed by atoms with Crippen LogP contribution in [0.4, 0.5) is 10.1 Å². The second kappa shape index (κ2) is 18.1. The number of nitrogens with one attached hydrogen (secondary N) is 3. The Morgan fingerprint density at radius 3 is 2.57 bits per heavy atom. The molecule has 330 valence electrons. The SMILES string of the molecule is COc1ccc2c(O[C@@H]3C[C@H]4C(=O)N[C@]5(C(=O)NS(=O)(=O)c6ccccc6)C[C@H]5C=CCCCCC[C@H](Nc5cccc(F)c5)C(=O)N4C3)cc(-c3nc(C(C)C)cs3)nc2c1C. The zero-order valence-corrected chi connectivity index (χ0v) is 37.2. The molecule has 3 amide bonds. The molecule has 5 aromatic rings. The highest BCUT2D eigenvalue weighted by Gasteiger charge is 2.61. The van der Waals surface area contributed by atoms with Crippen molar-refractivity contribution in [2.24, 2.45) is 5.92 Å². The molecule has 3 aromatic carbocycles.